The van der Waals surface area contributed by atoms with Crippen molar-refractivity contribution in [3.63, 3.8) is 0 Å². The zero-order chi connectivity index (χ0) is 8.20. The summed E-state index contributed by atoms with van der Waals surface area (Å²) in [4.78, 5) is 0. The number of halogens is 3. The average molecular weight is 154 g/mol. The van der Waals surface area contributed by atoms with Gasteiger partial charge in [0.05, 0.1) is 0 Å². The SMILES string of the molecule is CCC[C@H](F)CC(C)(F)F. The summed E-state index contributed by atoms with van der Waals surface area (Å²) in [6.07, 6.45) is -1.12. The zero-order valence-electron chi connectivity index (χ0n) is 6.33. The number of hydrogen-bond donors (Lipinski definition) is 0. The molecule has 0 rings (SSSR count). The van der Waals surface area contributed by atoms with E-state index in [0.29, 0.717) is 6.42 Å². The molecule has 0 spiro atoms. The molecule has 0 nitrogen and oxygen atoms in total. The van der Waals surface area contributed by atoms with Crippen LogP contribution in [0.3, 0.4) is 0 Å². The minimum Gasteiger partial charge on any atom is -0.247 e. The van der Waals surface area contributed by atoms with Crippen LogP contribution < -0.4 is 0 Å². The molecule has 0 bridgehead atoms. The summed E-state index contributed by atoms with van der Waals surface area (Å²) >= 11 is 0. The fourth-order valence-electron chi connectivity index (χ4n) is 0.804. The molecule has 0 radical (unpaired) electrons. The second-order valence-corrected chi connectivity index (χ2v) is 2.66. The molecule has 0 N–H and O–H groups in total. The molecule has 0 aromatic heterocycles. The monoisotopic (exact) mass is 154 g/mol. The maximum atomic E-state index is 12.4. The van der Waals surface area contributed by atoms with Crippen molar-refractivity contribution in [3.8, 4) is 0 Å². The van der Waals surface area contributed by atoms with Gasteiger partial charge in [-0.3, -0.25) is 0 Å². The normalized spacial score (nSPS) is 15.3. The van der Waals surface area contributed by atoms with Crippen molar-refractivity contribution in [2.24, 2.45) is 0 Å². The van der Waals surface area contributed by atoms with Gasteiger partial charge in [0, 0.05) is 6.42 Å². The number of alkyl halides is 3. The van der Waals surface area contributed by atoms with E-state index in [1.54, 1.807) is 6.92 Å². The van der Waals surface area contributed by atoms with Crippen molar-refractivity contribution >= 4 is 0 Å². The predicted molar refractivity (Wildman–Crippen MR) is 35.0 cm³/mol. The molecule has 0 heterocycles. The average Bonchev–Trinajstić information content (AvgIpc) is 1.59. The highest BCUT2D eigenvalue weighted by Crippen LogP contribution is 2.22. The lowest BCUT2D eigenvalue weighted by molar-refractivity contribution is -0.0107. The Bertz CT molecular complexity index is 85.3. The molecular weight excluding hydrogens is 141 g/mol. The maximum absolute atomic E-state index is 12.4. The van der Waals surface area contributed by atoms with E-state index in [1.807, 2.05) is 0 Å². The first-order chi connectivity index (χ1) is 4.45. The van der Waals surface area contributed by atoms with Crippen LogP contribution in [0.2, 0.25) is 0 Å². The first-order valence-electron chi connectivity index (χ1n) is 3.47. The third-order valence-electron chi connectivity index (χ3n) is 1.18. The standard InChI is InChI=1S/C7H13F3/c1-3-4-6(8)5-7(2,9)10/h6H,3-5H2,1-2H3/t6-/m0/s1. The lowest BCUT2D eigenvalue weighted by Gasteiger charge is -2.12. The van der Waals surface area contributed by atoms with Crippen LogP contribution in [0.1, 0.15) is 33.1 Å². The van der Waals surface area contributed by atoms with Crippen LogP contribution in [-0.4, -0.2) is 12.1 Å². The molecule has 1 atom stereocenters. The van der Waals surface area contributed by atoms with Gasteiger partial charge in [-0.25, -0.2) is 13.2 Å². The van der Waals surface area contributed by atoms with Crippen molar-refractivity contribution in [2.45, 2.75) is 45.2 Å². The van der Waals surface area contributed by atoms with Gasteiger partial charge in [0.25, 0.3) is 0 Å². The van der Waals surface area contributed by atoms with Crippen LogP contribution in [0.25, 0.3) is 0 Å². The number of rotatable bonds is 4. The van der Waals surface area contributed by atoms with E-state index in [9.17, 15) is 13.2 Å². The Morgan fingerprint density at radius 3 is 2.20 bits per heavy atom. The van der Waals surface area contributed by atoms with Gasteiger partial charge in [0.1, 0.15) is 6.17 Å². The quantitative estimate of drug-likeness (QED) is 0.583. The highest BCUT2D eigenvalue weighted by Gasteiger charge is 2.25. The molecule has 3 heteroatoms. The minimum atomic E-state index is -2.85. The topological polar surface area (TPSA) is 0 Å². The van der Waals surface area contributed by atoms with Gasteiger partial charge in [-0.2, -0.15) is 0 Å². The minimum absolute atomic E-state index is 0.240. The molecule has 0 aromatic rings. The predicted octanol–water partition coefficient (Wildman–Crippen LogP) is 3.17. The van der Waals surface area contributed by atoms with Gasteiger partial charge in [0.15, 0.2) is 0 Å². The van der Waals surface area contributed by atoms with E-state index in [0.717, 1.165) is 6.92 Å². The summed E-state index contributed by atoms with van der Waals surface area (Å²) in [6, 6.07) is 0. The summed E-state index contributed by atoms with van der Waals surface area (Å²) in [5, 5.41) is 0. The van der Waals surface area contributed by atoms with E-state index >= 15 is 0 Å². The van der Waals surface area contributed by atoms with Crippen LogP contribution in [0, 0.1) is 0 Å². The van der Waals surface area contributed by atoms with Crippen LogP contribution in [-0.2, 0) is 0 Å². The highest BCUT2D eigenvalue weighted by molar-refractivity contribution is 4.65. The van der Waals surface area contributed by atoms with Crippen molar-refractivity contribution in [1.29, 1.82) is 0 Å². The highest BCUT2D eigenvalue weighted by atomic mass is 19.3. The Morgan fingerprint density at radius 1 is 1.40 bits per heavy atom. The largest absolute Gasteiger partial charge is 0.248 e. The Hall–Kier alpha value is -0.210. The van der Waals surface area contributed by atoms with E-state index < -0.39 is 18.5 Å². The second kappa shape index (κ2) is 3.84. The van der Waals surface area contributed by atoms with Crippen LogP contribution in [0.4, 0.5) is 13.2 Å². The third-order valence-corrected chi connectivity index (χ3v) is 1.18. The molecule has 10 heavy (non-hydrogen) atoms. The summed E-state index contributed by atoms with van der Waals surface area (Å²) in [5.41, 5.74) is 0. The second-order valence-electron chi connectivity index (χ2n) is 2.66. The van der Waals surface area contributed by atoms with E-state index in [2.05, 4.69) is 0 Å². The molecule has 0 aliphatic carbocycles. The molecule has 0 aliphatic rings. The lowest BCUT2D eigenvalue weighted by atomic mass is 10.1. The first-order valence-corrected chi connectivity index (χ1v) is 3.47. The Kier molecular flexibility index (Phi) is 3.76. The Labute approximate surface area is 59.4 Å². The van der Waals surface area contributed by atoms with Crippen LogP contribution >= 0.6 is 0 Å². The fraction of sp³-hybridized carbons (Fsp3) is 1.00. The molecule has 0 aromatic carbocycles. The zero-order valence-corrected chi connectivity index (χ0v) is 6.33. The molecular formula is C7H13F3. The molecule has 0 aliphatic heterocycles. The van der Waals surface area contributed by atoms with E-state index in [1.165, 1.54) is 0 Å². The first kappa shape index (κ1) is 9.79. The molecule has 0 amide bonds. The van der Waals surface area contributed by atoms with Crippen molar-refractivity contribution in [1.82, 2.24) is 0 Å². The smallest absolute Gasteiger partial charge is 0.247 e. The molecule has 0 saturated carbocycles. The summed E-state index contributed by atoms with van der Waals surface area (Å²) in [7, 11) is 0. The Morgan fingerprint density at radius 2 is 1.90 bits per heavy atom. The molecule has 0 saturated heterocycles. The van der Waals surface area contributed by atoms with Gasteiger partial charge in [-0.05, 0) is 13.3 Å². The van der Waals surface area contributed by atoms with Crippen LogP contribution in [0.5, 0.6) is 0 Å². The van der Waals surface area contributed by atoms with Crippen molar-refractivity contribution in [3.05, 3.63) is 0 Å². The van der Waals surface area contributed by atoms with Gasteiger partial charge in [0.2, 0.25) is 5.92 Å². The van der Waals surface area contributed by atoms with Gasteiger partial charge >= 0.3 is 0 Å². The van der Waals surface area contributed by atoms with Gasteiger partial charge in [-0.15, -0.1) is 0 Å². The van der Waals surface area contributed by atoms with E-state index in [-0.39, 0.29) is 6.42 Å². The lowest BCUT2D eigenvalue weighted by Crippen LogP contribution is -2.17. The summed E-state index contributed by atoms with van der Waals surface area (Å²) in [5.74, 6) is -2.85. The van der Waals surface area contributed by atoms with Crippen molar-refractivity contribution < 1.29 is 13.2 Å². The summed E-state index contributed by atoms with van der Waals surface area (Å²) < 4.78 is 36.5. The maximum Gasteiger partial charge on any atom is 0.248 e. The van der Waals surface area contributed by atoms with E-state index in [4.69, 9.17) is 0 Å². The van der Waals surface area contributed by atoms with Crippen LogP contribution in [0.15, 0.2) is 0 Å². The van der Waals surface area contributed by atoms with Gasteiger partial charge < -0.3 is 0 Å². The third kappa shape index (κ3) is 5.92. The fourth-order valence-corrected chi connectivity index (χ4v) is 0.804. The number of hydrogen-bond acceptors (Lipinski definition) is 0. The molecule has 62 valence electrons. The van der Waals surface area contributed by atoms with Crippen molar-refractivity contribution in [2.75, 3.05) is 0 Å². The summed E-state index contributed by atoms with van der Waals surface area (Å²) in [6.45, 7) is 2.52. The Balaban J connectivity index is 3.47. The molecule has 0 unspecified atom stereocenters. The molecule has 0 fully saturated rings. The van der Waals surface area contributed by atoms with Gasteiger partial charge in [-0.1, -0.05) is 13.3 Å².